The Bertz CT molecular complexity index is 1150. The Morgan fingerprint density at radius 2 is 1.58 bits per heavy atom. The fourth-order valence-corrected chi connectivity index (χ4v) is 5.38. The van der Waals surface area contributed by atoms with Gasteiger partial charge in [0.2, 0.25) is 11.8 Å². The van der Waals surface area contributed by atoms with E-state index in [0.717, 1.165) is 46.8 Å². The highest BCUT2D eigenvalue weighted by molar-refractivity contribution is 9.10. The van der Waals surface area contributed by atoms with Gasteiger partial charge in [0.05, 0.1) is 6.42 Å². The van der Waals surface area contributed by atoms with Crippen LogP contribution < -0.4 is 5.32 Å². The minimum atomic E-state index is -0.617. The van der Waals surface area contributed by atoms with E-state index < -0.39 is 6.04 Å². The molecule has 0 bridgehead atoms. The van der Waals surface area contributed by atoms with Crippen LogP contribution in [0.3, 0.4) is 0 Å². The smallest absolute Gasteiger partial charge is 0.243 e. The van der Waals surface area contributed by atoms with E-state index in [-0.39, 0.29) is 24.3 Å². The van der Waals surface area contributed by atoms with Crippen LogP contribution in [-0.2, 0) is 29.0 Å². The summed E-state index contributed by atoms with van der Waals surface area (Å²) in [5.41, 5.74) is 2.87. The van der Waals surface area contributed by atoms with Crippen molar-refractivity contribution in [3.63, 3.8) is 0 Å². The second-order valence-electron chi connectivity index (χ2n) is 9.50. The Labute approximate surface area is 227 Å². The van der Waals surface area contributed by atoms with Crippen LogP contribution in [0.4, 0.5) is 0 Å². The number of rotatable bonds is 9. The van der Waals surface area contributed by atoms with Gasteiger partial charge in [0.1, 0.15) is 6.04 Å². The summed E-state index contributed by atoms with van der Waals surface area (Å²) >= 11 is 9.59. The SMILES string of the molecule is O=C(NC1CCCCC1)[C@@H](Cc1ccccc1)N(Cc1cccc(Br)c1)C(=O)Cc1ccc(Cl)cc1. The lowest BCUT2D eigenvalue weighted by Gasteiger charge is -2.33. The number of carbonyl (C=O) groups is 2. The maximum atomic E-state index is 13.8. The molecule has 0 aliphatic heterocycles. The van der Waals surface area contributed by atoms with Gasteiger partial charge >= 0.3 is 0 Å². The van der Waals surface area contributed by atoms with E-state index in [0.29, 0.717) is 18.0 Å². The lowest BCUT2D eigenvalue weighted by molar-refractivity contribution is -0.141. The number of halogens is 2. The third-order valence-electron chi connectivity index (χ3n) is 6.73. The molecule has 0 saturated heterocycles. The highest BCUT2D eigenvalue weighted by Crippen LogP contribution is 2.22. The molecular formula is C30H32BrClN2O2. The van der Waals surface area contributed by atoms with Crippen molar-refractivity contribution in [1.29, 1.82) is 0 Å². The van der Waals surface area contributed by atoms with Gasteiger partial charge in [0.15, 0.2) is 0 Å². The average molecular weight is 568 g/mol. The molecule has 1 aliphatic carbocycles. The molecule has 1 saturated carbocycles. The molecule has 1 N–H and O–H groups in total. The number of amides is 2. The topological polar surface area (TPSA) is 49.4 Å². The van der Waals surface area contributed by atoms with E-state index in [9.17, 15) is 9.59 Å². The Balaban J connectivity index is 1.65. The van der Waals surface area contributed by atoms with E-state index in [1.807, 2.05) is 66.7 Å². The molecule has 3 aromatic rings. The van der Waals surface area contributed by atoms with Crippen LogP contribution in [-0.4, -0.2) is 28.8 Å². The summed E-state index contributed by atoms with van der Waals surface area (Å²) in [5, 5.41) is 3.91. The van der Waals surface area contributed by atoms with Gasteiger partial charge in [-0.25, -0.2) is 0 Å². The highest BCUT2D eigenvalue weighted by Gasteiger charge is 2.32. The molecule has 188 valence electrons. The van der Waals surface area contributed by atoms with Gasteiger partial charge in [-0.3, -0.25) is 9.59 Å². The molecule has 6 heteroatoms. The lowest BCUT2D eigenvalue weighted by atomic mass is 9.94. The summed E-state index contributed by atoms with van der Waals surface area (Å²) in [6, 6.07) is 24.7. The van der Waals surface area contributed by atoms with E-state index in [1.165, 1.54) is 6.42 Å². The molecule has 0 heterocycles. The summed E-state index contributed by atoms with van der Waals surface area (Å²) in [7, 11) is 0. The first kappa shape index (κ1) is 26.4. The van der Waals surface area contributed by atoms with Crippen LogP contribution in [0.1, 0.15) is 48.8 Å². The minimum Gasteiger partial charge on any atom is -0.352 e. The zero-order chi connectivity index (χ0) is 25.3. The van der Waals surface area contributed by atoms with Crippen molar-refractivity contribution in [2.75, 3.05) is 0 Å². The number of benzene rings is 3. The van der Waals surface area contributed by atoms with Crippen LogP contribution in [0.2, 0.25) is 5.02 Å². The molecule has 4 nitrogen and oxygen atoms in total. The third kappa shape index (κ3) is 7.68. The second kappa shape index (κ2) is 13.1. The molecule has 1 aliphatic rings. The number of hydrogen-bond donors (Lipinski definition) is 1. The first-order valence-corrected chi connectivity index (χ1v) is 13.8. The first-order valence-electron chi connectivity index (χ1n) is 12.6. The number of carbonyl (C=O) groups excluding carboxylic acids is 2. The van der Waals surface area contributed by atoms with Crippen molar-refractivity contribution in [2.24, 2.45) is 0 Å². The van der Waals surface area contributed by atoms with Gasteiger partial charge in [0, 0.05) is 28.5 Å². The van der Waals surface area contributed by atoms with Crippen molar-refractivity contribution in [3.8, 4) is 0 Å². The van der Waals surface area contributed by atoms with Crippen LogP contribution >= 0.6 is 27.5 Å². The largest absolute Gasteiger partial charge is 0.352 e. The number of hydrogen-bond acceptors (Lipinski definition) is 2. The van der Waals surface area contributed by atoms with Crippen molar-refractivity contribution in [3.05, 3.63) is 105 Å². The summed E-state index contributed by atoms with van der Waals surface area (Å²) in [6.07, 6.45) is 6.13. The zero-order valence-corrected chi connectivity index (χ0v) is 22.7. The van der Waals surface area contributed by atoms with E-state index in [1.54, 1.807) is 17.0 Å². The summed E-state index contributed by atoms with van der Waals surface area (Å²) in [6.45, 7) is 0.349. The zero-order valence-electron chi connectivity index (χ0n) is 20.3. The Kier molecular flexibility index (Phi) is 9.60. The van der Waals surface area contributed by atoms with E-state index >= 15 is 0 Å². The number of nitrogens with one attached hydrogen (secondary N) is 1. The van der Waals surface area contributed by atoms with E-state index in [4.69, 9.17) is 11.6 Å². The van der Waals surface area contributed by atoms with Gasteiger partial charge in [-0.2, -0.15) is 0 Å². The van der Waals surface area contributed by atoms with Crippen LogP contribution in [0.5, 0.6) is 0 Å². The Hall–Kier alpha value is -2.63. The molecule has 2 amide bonds. The van der Waals surface area contributed by atoms with Gasteiger partial charge < -0.3 is 10.2 Å². The molecule has 0 spiro atoms. The van der Waals surface area contributed by atoms with Crippen LogP contribution in [0, 0.1) is 0 Å². The number of nitrogens with zero attached hydrogens (tertiary/aromatic N) is 1. The summed E-state index contributed by atoms with van der Waals surface area (Å²) in [5.74, 6) is -0.165. The molecule has 3 aromatic carbocycles. The highest BCUT2D eigenvalue weighted by atomic mass is 79.9. The van der Waals surface area contributed by atoms with Gasteiger partial charge in [-0.15, -0.1) is 0 Å². The average Bonchev–Trinajstić information content (AvgIpc) is 2.88. The van der Waals surface area contributed by atoms with Gasteiger partial charge in [0.25, 0.3) is 0 Å². The predicted molar refractivity (Wildman–Crippen MR) is 149 cm³/mol. The molecule has 36 heavy (non-hydrogen) atoms. The fraction of sp³-hybridized carbons (Fsp3) is 0.333. The molecule has 0 radical (unpaired) electrons. The first-order chi connectivity index (χ1) is 17.5. The summed E-state index contributed by atoms with van der Waals surface area (Å²) < 4.78 is 0.941. The fourth-order valence-electron chi connectivity index (χ4n) is 4.81. The maximum absolute atomic E-state index is 13.8. The molecule has 0 unspecified atom stereocenters. The van der Waals surface area contributed by atoms with Gasteiger partial charge in [-0.05, 0) is 53.8 Å². The maximum Gasteiger partial charge on any atom is 0.243 e. The minimum absolute atomic E-state index is 0.0785. The van der Waals surface area contributed by atoms with E-state index in [2.05, 4.69) is 21.2 Å². The second-order valence-corrected chi connectivity index (χ2v) is 10.9. The molecular weight excluding hydrogens is 536 g/mol. The van der Waals surface area contributed by atoms with Crippen molar-refractivity contribution in [1.82, 2.24) is 10.2 Å². The Morgan fingerprint density at radius 1 is 0.889 bits per heavy atom. The van der Waals surface area contributed by atoms with Crippen LogP contribution in [0.15, 0.2) is 83.3 Å². The van der Waals surface area contributed by atoms with Crippen molar-refractivity contribution < 1.29 is 9.59 Å². The van der Waals surface area contributed by atoms with Crippen LogP contribution in [0.25, 0.3) is 0 Å². The Morgan fingerprint density at radius 3 is 2.28 bits per heavy atom. The summed E-state index contributed by atoms with van der Waals surface area (Å²) in [4.78, 5) is 29.4. The normalized spacial score (nSPS) is 14.7. The van der Waals surface area contributed by atoms with Crippen molar-refractivity contribution in [2.45, 2.75) is 63.6 Å². The van der Waals surface area contributed by atoms with Crippen molar-refractivity contribution >= 4 is 39.3 Å². The lowest BCUT2D eigenvalue weighted by Crippen LogP contribution is -2.53. The third-order valence-corrected chi connectivity index (χ3v) is 7.48. The monoisotopic (exact) mass is 566 g/mol. The molecule has 4 rings (SSSR count). The van der Waals surface area contributed by atoms with Gasteiger partial charge in [-0.1, -0.05) is 101 Å². The quantitative estimate of drug-likeness (QED) is 0.312. The predicted octanol–water partition coefficient (Wildman–Crippen LogP) is 6.73. The standard InChI is InChI=1S/C30H32BrClN2O2/c31-25-11-7-10-24(18-25)21-34(29(35)20-23-14-16-26(32)17-15-23)28(19-22-8-3-1-4-9-22)30(36)33-27-12-5-2-6-13-27/h1,3-4,7-11,14-18,27-28H,2,5-6,12-13,19-21H2,(H,33,36)/t28-/m1/s1. The molecule has 1 atom stereocenters. The molecule has 0 aromatic heterocycles. The molecule has 1 fully saturated rings.